The summed E-state index contributed by atoms with van der Waals surface area (Å²) in [7, 11) is 0. The minimum Gasteiger partial charge on any atom is -0.372 e. The summed E-state index contributed by atoms with van der Waals surface area (Å²) in [6.07, 6.45) is 3.79. The lowest BCUT2D eigenvalue weighted by atomic mass is 10.1. The smallest absolute Gasteiger partial charge is 0.190 e. The molecule has 0 amide bonds. The molecule has 116 valence electrons. The number of aromatic amines is 1. The fourth-order valence-electron chi connectivity index (χ4n) is 3.36. The third-order valence-corrected chi connectivity index (χ3v) is 4.62. The average Bonchev–Trinajstić information content (AvgIpc) is 2.63. The first-order chi connectivity index (χ1) is 11.3. The van der Waals surface area contributed by atoms with Gasteiger partial charge in [0.25, 0.3) is 0 Å². The zero-order chi connectivity index (χ0) is 15.6. The number of benzene rings is 2. The van der Waals surface area contributed by atoms with Crippen molar-refractivity contribution < 1.29 is 0 Å². The Balaban J connectivity index is 1.78. The Labute approximate surface area is 135 Å². The molecule has 1 fully saturated rings. The second kappa shape index (κ2) is 5.92. The van der Waals surface area contributed by atoms with Gasteiger partial charge in [-0.2, -0.15) is 0 Å². The predicted molar refractivity (Wildman–Crippen MR) is 96.1 cm³/mol. The second-order valence-corrected chi connectivity index (χ2v) is 6.19. The van der Waals surface area contributed by atoms with Gasteiger partial charge in [0.15, 0.2) is 5.43 Å². The highest BCUT2D eigenvalue weighted by atomic mass is 16.1. The number of fused-ring (bicyclic) bond motifs is 1. The number of pyridine rings is 1. The van der Waals surface area contributed by atoms with Crippen molar-refractivity contribution in [3.63, 3.8) is 0 Å². The fraction of sp³-hybridized carbons (Fsp3) is 0.250. The standard InChI is InChI=1S/C20H20N2O/c23-20-14-19(15-7-3-1-4-8-15)21-18-10-9-16(13-17(18)20)22-11-5-2-6-12-22/h1,3-4,7-10,13-14H,2,5-6,11-12H2,(H,21,23). The van der Waals surface area contributed by atoms with Gasteiger partial charge in [0.1, 0.15) is 0 Å². The maximum Gasteiger partial charge on any atom is 0.190 e. The lowest BCUT2D eigenvalue weighted by Crippen LogP contribution is -2.29. The Morgan fingerprint density at radius 1 is 0.870 bits per heavy atom. The number of aromatic nitrogens is 1. The summed E-state index contributed by atoms with van der Waals surface area (Å²) in [5.74, 6) is 0. The van der Waals surface area contributed by atoms with Gasteiger partial charge in [-0.25, -0.2) is 0 Å². The van der Waals surface area contributed by atoms with Crippen LogP contribution >= 0.6 is 0 Å². The van der Waals surface area contributed by atoms with Crippen molar-refractivity contribution in [3.8, 4) is 11.3 Å². The first-order valence-electron chi connectivity index (χ1n) is 8.29. The van der Waals surface area contributed by atoms with Crippen LogP contribution in [0.1, 0.15) is 19.3 Å². The fourth-order valence-corrected chi connectivity index (χ4v) is 3.36. The van der Waals surface area contributed by atoms with E-state index in [1.807, 2.05) is 42.5 Å². The van der Waals surface area contributed by atoms with Crippen LogP contribution in [0.25, 0.3) is 22.2 Å². The normalized spacial score (nSPS) is 15.0. The maximum atomic E-state index is 12.6. The summed E-state index contributed by atoms with van der Waals surface area (Å²) in [5, 5.41) is 0.771. The van der Waals surface area contributed by atoms with Crippen molar-refractivity contribution in [2.45, 2.75) is 19.3 Å². The summed E-state index contributed by atoms with van der Waals surface area (Å²) in [4.78, 5) is 18.3. The molecule has 1 aliphatic rings. The maximum absolute atomic E-state index is 12.6. The molecule has 1 aromatic heterocycles. The molecular formula is C20H20N2O. The van der Waals surface area contributed by atoms with Crippen molar-refractivity contribution in [3.05, 3.63) is 64.8 Å². The first-order valence-corrected chi connectivity index (χ1v) is 8.29. The van der Waals surface area contributed by atoms with E-state index in [-0.39, 0.29) is 5.43 Å². The van der Waals surface area contributed by atoms with Crippen LogP contribution in [0.5, 0.6) is 0 Å². The molecule has 3 nitrogen and oxygen atoms in total. The topological polar surface area (TPSA) is 36.1 Å². The Hall–Kier alpha value is -2.55. The van der Waals surface area contributed by atoms with Gasteiger partial charge in [-0.15, -0.1) is 0 Å². The van der Waals surface area contributed by atoms with Gasteiger partial charge in [0.05, 0.1) is 0 Å². The van der Waals surface area contributed by atoms with Crippen LogP contribution in [-0.2, 0) is 0 Å². The number of hydrogen-bond donors (Lipinski definition) is 1. The molecule has 1 aliphatic heterocycles. The zero-order valence-electron chi connectivity index (χ0n) is 13.1. The van der Waals surface area contributed by atoms with Crippen LogP contribution < -0.4 is 10.3 Å². The Morgan fingerprint density at radius 3 is 2.43 bits per heavy atom. The second-order valence-electron chi connectivity index (χ2n) is 6.19. The van der Waals surface area contributed by atoms with Crippen LogP contribution in [0.15, 0.2) is 59.4 Å². The molecule has 23 heavy (non-hydrogen) atoms. The van der Waals surface area contributed by atoms with Crippen LogP contribution in [0.3, 0.4) is 0 Å². The molecule has 3 aromatic rings. The Bertz CT molecular complexity index is 877. The van der Waals surface area contributed by atoms with Crippen molar-refractivity contribution in [2.24, 2.45) is 0 Å². The Morgan fingerprint density at radius 2 is 1.65 bits per heavy atom. The van der Waals surface area contributed by atoms with Crippen molar-refractivity contribution in [1.29, 1.82) is 0 Å². The SMILES string of the molecule is O=c1cc(-c2ccccc2)[nH]c2ccc(N3CCCCC3)cc12. The molecule has 0 saturated carbocycles. The quantitative estimate of drug-likeness (QED) is 0.771. The first kappa shape index (κ1) is 14.1. The van der Waals surface area contributed by atoms with Gasteiger partial charge < -0.3 is 9.88 Å². The number of piperidine rings is 1. The lowest BCUT2D eigenvalue weighted by Gasteiger charge is -2.29. The highest BCUT2D eigenvalue weighted by Crippen LogP contribution is 2.24. The molecule has 2 aromatic carbocycles. The highest BCUT2D eigenvalue weighted by molar-refractivity contribution is 5.84. The number of hydrogen-bond acceptors (Lipinski definition) is 2. The molecule has 0 unspecified atom stereocenters. The van der Waals surface area contributed by atoms with E-state index in [2.05, 4.69) is 16.0 Å². The molecule has 0 radical (unpaired) electrons. The molecule has 0 atom stereocenters. The van der Waals surface area contributed by atoms with Gasteiger partial charge in [0, 0.05) is 41.4 Å². The molecule has 3 heteroatoms. The van der Waals surface area contributed by atoms with E-state index < -0.39 is 0 Å². The molecule has 0 aliphatic carbocycles. The molecule has 1 saturated heterocycles. The third kappa shape index (κ3) is 2.74. The van der Waals surface area contributed by atoms with Crippen molar-refractivity contribution in [2.75, 3.05) is 18.0 Å². The van der Waals surface area contributed by atoms with Gasteiger partial charge in [-0.3, -0.25) is 4.79 Å². The highest BCUT2D eigenvalue weighted by Gasteiger charge is 2.12. The van der Waals surface area contributed by atoms with E-state index in [1.54, 1.807) is 6.07 Å². The van der Waals surface area contributed by atoms with E-state index in [1.165, 1.54) is 19.3 Å². The van der Waals surface area contributed by atoms with E-state index in [9.17, 15) is 4.79 Å². The van der Waals surface area contributed by atoms with E-state index >= 15 is 0 Å². The van der Waals surface area contributed by atoms with Gasteiger partial charge in [-0.1, -0.05) is 30.3 Å². The lowest BCUT2D eigenvalue weighted by molar-refractivity contribution is 0.578. The van der Waals surface area contributed by atoms with Gasteiger partial charge in [0.2, 0.25) is 0 Å². The van der Waals surface area contributed by atoms with Crippen LogP contribution in [0.2, 0.25) is 0 Å². The zero-order valence-corrected chi connectivity index (χ0v) is 13.1. The summed E-state index contributed by atoms with van der Waals surface area (Å²) in [6.45, 7) is 2.18. The predicted octanol–water partition coefficient (Wildman–Crippen LogP) is 4.19. The van der Waals surface area contributed by atoms with E-state index in [0.29, 0.717) is 0 Å². The summed E-state index contributed by atoms with van der Waals surface area (Å²) in [5.41, 5.74) is 4.05. The monoisotopic (exact) mass is 304 g/mol. The number of nitrogens with one attached hydrogen (secondary N) is 1. The average molecular weight is 304 g/mol. The molecular weight excluding hydrogens is 284 g/mol. The Kier molecular flexibility index (Phi) is 3.62. The van der Waals surface area contributed by atoms with Crippen LogP contribution in [-0.4, -0.2) is 18.1 Å². The van der Waals surface area contributed by atoms with Crippen molar-refractivity contribution >= 4 is 16.6 Å². The number of rotatable bonds is 2. The van der Waals surface area contributed by atoms with Gasteiger partial charge in [-0.05, 0) is 43.0 Å². The molecule has 0 bridgehead atoms. The minimum atomic E-state index is 0.0801. The largest absolute Gasteiger partial charge is 0.372 e. The van der Waals surface area contributed by atoms with E-state index in [0.717, 1.165) is 40.9 Å². The van der Waals surface area contributed by atoms with Gasteiger partial charge >= 0.3 is 0 Å². The number of H-pyrrole nitrogens is 1. The molecule has 4 rings (SSSR count). The number of anilines is 1. The molecule has 2 heterocycles. The molecule has 1 N–H and O–H groups in total. The molecule has 0 spiro atoms. The third-order valence-electron chi connectivity index (χ3n) is 4.62. The summed E-state index contributed by atoms with van der Waals surface area (Å²) in [6, 6.07) is 17.9. The summed E-state index contributed by atoms with van der Waals surface area (Å²) < 4.78 is 0. The number of nitrogens with zero attached hydrogens (tertiary/aromatic N) is 1. The minimum absolute atomic E-state index is 0.0801. The van der Waals surface area contributed by atoms with Crippen molar-refractivity contribution in [1.82, 2.24) is 4.98 Å². The van der Waals surface area contributed by atoms with E-state index in [4.69, 9.17) is 0 Å². The summed E-state index contributed by atoms with van der Waals surface area (Å²) >= 11 is 0. The van der Waals surface area contributed by atoms with Crippen LogP contribution in [0.4, 0.5) is 5.69 Å². The van der Waals surface area contributed by atoms with Crippen LogP contribution in [0, 0.1) is 0 Å².